The topological polar surface area (TPSA) is 53.5 Å². The molecule has 2 rings (SSSR count). The van der Waals surface area contributed by atoms with Crippen molar-refractivity contribution in [2.75, 3.05) is 6.54 Å². The minimum Gasteiger partial charge on any atom is -0.331 e. The van der Waals surface area contributed by atoms with E-state index in [0.29, 0.717) is 6.54 Å². The molecular weight excluding hydrogens is 190 g/mol. The highest BCUT2D eigenvalue weighted by molar-refractivity contribution is 6.05. The molecule has 4 nitrogen and oxygen atoms in total. The zero-order valence-corrected chi connectivity index (χ0v) is 8.79. The summed E-state index contributed by atoms with van der Waals surface area (Å²) in [6.07, 6.45) is 0. The molecule has 4 heteroatoms. The SMILES string of the molecule is Cc1ccc(C2=NNC(=O)NC2)cc1C. The molecule has 0 atom stereocenters. The Hall–Kier alpha value is -1.84. The number of benzene rings is 1. The van der Waals surface area contributed by atoms with Crippen LogP contribution in [0.5, 0.6) is 0 Å². The van der Waals surface area contributed by atoms with Crippen molar-refractivity contribution in [1.82, 2.24) is 10.7 Å². The maximum Gasteiger partial charge on any atom is 0.335 e. The van der Waals surface area contributed by atoms with Gasteiger partial charge in [0.25, 0.3) is 0 Å². The third-order valence-electron chi connectivity index (χ3n) is 2.55. The largest absolute Gasteiger partial charge is 0.335 e. The predicted molar refractivity (Wildman–Crippen MR) is 59.0 cm³/mol. The summed E-state index contributed by atoms with van der Waals surface area (Å²) in [6, 6.07) is 5.90. The first-order valence-electron chi connectivity index (χ1n) is 4.85. The lowest BCUT2D eigenvalue weighted by Gasteiger charge is -2.14. The molecular formula is C11H13N3O. The second-order valence-electron chi connectivity index (χ2n) is 3.65. The third-order valence-corrected chi connectivity index (χ3v) is 2.55. The normalized spacial score (nSPS) is 15.3. The fourth-order valence-electron chi connectivity index (χ4n) is 1.45. The van der Waals surface area contributed by atoms with Gasteiger partial charge < -0.3 is 5.32 Å². The number of amides is 2. The third kappa shape index (κ3) is 1.98. The summed E-state index contributed by atoms with van der Waals surface area (Å²) in [6.45, 7) is 4.62. The standard InChI is InChI=1S/C11H13N3O/c1-7-3-4-9(5-8(7)2)10-6-12-11(15)14-13-10/h3-5H,6H2,1-2H3,(H2,12,14,15). The van der Waals surface area contributed by atoms with E-state index < -0.39 is 0 Å². The number of hydrazone groups is 1. The molecule has 0 radical (unpaired) electrons. The number of urea groups is 1. The van der Waals surface area contributed by atoms with E-state index >= 15 is 0 Å². The van der Waals surface area contributed by atoms with E-state index in [1.165, 1.54) is 11.1 Å². The van der Waals surface area contributed by atoms with Gasteiger partial charge >= 0.3 is 6.03 Å². The molecule has 0 bridgehead atoms. The van der Waals surface area contributed by atoms with Gasteiger partial charge in [0.1, 0.15) is 0 Å². The number of aryl methyl sites for hydroxylation is 2. The van der Waals surface area contributed by atoms with Gasteiger partial charge in [0.15, 0.2) is 0 Å². The van der Waals surface area contributed by atoms with Crippen LogP contribution in [0, 0.1) is 13.8 Å². The van der Waals surface area contributed by atoms with Crippen molar-refractivity contribution in [1.29, 1.82) is 0 Å². The number of carbonyl (C=O) groups is 1. The summed E-state index contributed by atoms with van der Waals surface area (Å²) in [7, 11) is 0. The molecule has 0 aromatic heterocycles. The Morgan fingerprint density at radius 2 is 2.07 bits per heavy atom. The maximum atomic E-state index is 10.8. The number of nitrogens with zero attached hydrogens (tertiary/aromatic N) is 1. The van der Waals surface area contributed by atoms with Crippen LogP contribution >= 0.6 is 0 Å². The summed E-state index contributed by atoms with van der Waals surface area (Å²) in [5.41, 5.74) is 6.79. The molecule has 2 amide bonds. The van der Waals surface area contributed by atoms with Crippen LogP contribution in [0.15, 0.2) is 23.3 Å². The van der Waals surface area contributed by atoms with Crippen molar-refractivity contribution in [2.45, 2.75) is 13.8 Å². The van der Waals surface area contributed by atoms with Crippen molar-refractivity contribution in [3.63, 3.8) is 0 Å². The smallest absolute Gasteiger partial charge is 0.331 e. The van der Waals surface area contributed by atoms with Crippen molar-refractivity contribution < 1.29 is 4.79 Å². The van der Waals surface area contributed by atoms with Crippen LogP contribution in [0.2, 0.25) is 0 Å². The molecule has 15 heavy (non-hydrogen) atoms. The summed E-state index contributed by atoms with van der Waals surface area (Å²) in [5, 5.41) is 6.69. The Morgan fingerprint density at radius 3 is 2.67 bits per heavy atom. The molecule has 0 aliphatic carbocycles. The van der Waals surface area contributed by atoms with Gasteiger partial charge in [0.2, 0.25) is 0 Å². The van der Waals surface area contributed by atoms with E-state index in [9.17, 15) is 4.79 Å². The van der Waals surface area contributed by atoms with Gasteiger partial charge in [-0.2, -0.15) is 5.10 Å². The fraction of sp³-hybridized carbons (Fsp3) is 0.273. The second-order valence-corrected chi connectivity index (χ2v) is 3.65. The quantitative estimate of drug-likeness (QED) is 0.710. The number of hydrogen-bond donors (Lipinski definition) is 2. The Labute approximate surface area is 88.4 Å². The molecule has 0 spiro atoms. The minimum atomic E-state index is -0.248. The van der Waals surface area contributed by atoms with E-state index in [4.69, 9.17) is 0 Å². The molecule has 1 aromatic carbocycles. The summed E-state index contributed by atoms with van der Waals surface area (Å²) in [4.78, 5) is 10.8. The molecule has 78 valence electrons. The Morgan fingerprint density at radius 1 is 1.27 bits per heavy atom. The van der Waals surface area contributed by atoms with Crippen LogP contribution in [-0.4, -0.2) is 18.3 Å². The van der Waals surface area contributed by atoms with Crippen molar-refractivity contribution in [3.8, 4) is 0 Å². The van der Waals surface area contributed by atoms with Gasteiger partial charge in [-0.1, -0.05) is 12.1 Å². The van der Waals surface area contributed by atoms with Crippen LogP contribution in [0.25, 0.3) is 0 Å². The lowest BCUT2D eigenvalue weighted by molar-refractivity contribution is 0.241. The zero-order chi connectivity index (χ0) is 10.8. The minimum absolute atomic E-state index is 0.248. The maximum absolute atomic E-state index is 10.8. The molecule has 1 aromatic rings. The van der Waals surface area contributed by atoms with Gasteiger partial charge in [-0.05, 0) is 36.6 Å². The molecule has 0 fully saturated rings. The fourth-order valence-corrected chi connectivity index (χ4v) is 1.45. The lowest BCUT2D eigenvalue weighted by atomic mass is 10.0. The summed E-state index contributed by atoms with van der Waals surface area (Å²) in [5.74, 6) is 0. The molecule has 0 saturated carbocycles. The monoisotopic (exact) mass is 203 g/mol. The lowest BCUT2D eigenvalue weighted by Crippen LogP contribution is -2.42. The van der Waals surface area contributed by atoms with Crippen LogP contribution < -0.4 is 10.7 Å². The predicted octanol–water partition coefficient (Wildman–Crippen LogP) is 1.32. The number of nitrogens with one attached hydrogen (secondary N) is 2. The van der Waals surface area contributed by atoms with Gasteiger partial charge in [-0.15, -0.1) is 0 Å². The zero-order valence-electron chi connectivity index (χ0n) is 8.79. The number of carbonyl (C=O) groups excluding carboxylic acids is 1. The van der Waals surface area contributed by atoms with E-state index in [0.717, 1.165) is 11.3 Å². The first-order valence-corrected chi connectivity index (χ1v) is 4.85. The van der Waals surface area contributed by atoms with E-state index in [2.05, 4.69) is 41.8 Å². The van der Waals surface area contributed by atoms with Crippen LogP contribution in [0.4, 0.5) is 4.79 Å². The van der Waals surface area contributed by atoms with Crippen molar-refractivity contribution >= 4 is 11.7 Å². The molecule has 1 heterocycles. The van der Waals surface area contributed by atoms with Crippen LogP contribution in [-0.2, 0) is 0 Å². The van der Waals surface area contributed by atoms with E-state index in [1.54, 1.807) is 0 Å². The van der Waals surface area contributed by atoms with Crippen LogP contribution in [0.1, 0.15) is 16.7 Å². The van der Waals surface area contributed by atoms with Crippen LogP contribution in [0.3, 0.4) is 0 Å². The summed E-state index contributed by atoms with van der Waals surface area (Å²) < 4.78 is 0. The molecule has 1 aliphatic rings. The Balaban J connectivity index is 2.30. The Kier molecular flexibility index (Phi) is 2.41. The Bertz CT molecular complexity index is 437. The van der Waals surface area contributed by atoms with Gasteiger partial charge in [0.05, 0.1) is 12.3 Å². The van der Waals surface area contributed by atoms with Gasteiger partial charge in [-0.3, -0.25) is 0 Å². The summed E-state index contributed by atoms with van der Waals surface area (Å²) >= 11 is 0. The molecule has 0 saturated heterocycles. The van der Waals surface area contributed by atoms with Crippen molar-refractivity contribution in [3.05, 3.63) is 34.9 Å². The highest BCUT2D eigenvalue weighted by atomic mass is 16.2. The molecule has 1 aliphatic heterocycles. The highest BCUT2D eigenvalue weighted by Gasteiger charge is 2.11. The number of rotatable bonds is 1. The first kappa shape index (κ1) is 9.71. The van der Waals surface area contributed by atoms with Crippen molar-refractivity contribution in [2.24, 2.45) is 5.10 Å². The molecule has 2 N–H and O–H groups in total. The van der Waals surface area contributed by atoms with E-state index in [-0.39, 0.29) is 6.03 Å². The number of hydrogen-bond acceptors (Lipinski definition) is 2. The van der Waals surface area contributed by atoms with E-state index in [1.807, 2.05) is 6.07 Å². The molecule has 0 unspecified atom stereocenters. The highest BCUT2D eigenvalue weighted by Crippen LogP contribution is 2.11. The van der Waals surface area contributed by atoms with Gasteiger partial charge in [0, 0.05) is 0 Å². The second kappa shape index (κ2) is 3.73. The average molecular weight is 203 g/mol. The van der Waals surface area contributed by atoms with Gasteiger partial charge in [-0.25, -0.2) is 10.2 Å². The average Bonchev–Trinajstić information content (AvgIpc) is 2.23. The first-order chi connectivity index (χ1) is 7.16.